The highest BCUT2D eigenvalue weighted by Crippen LogP contribution is 2.29. The maximum Gasteiger partial charge on any atom is 0.241 e. The van der Waals surface area contributed by atoms with Gasteiger partial charge < -0.3 is 10.2 Å². The lowest BCUT2D eigenvalue weighted by Gasteiger charge is -2.17. The first-order valence-electron chi connectivity index (χ1n) is 6.83. The van der Waals surface area contributed by atoms with E-state index in [4.69, 9.17) is 0 Å². The van der Waals surface area contributed by atoms with Gasteiger partial charge >= 0.3 is 0 Å². The quantitative estimate of drug-likeness (QED) is 0.587. The number of hydrogen-bond acceptors (Lipinski definition) is 4. The van der Waals surface area contributed by atoms with Gasteiger partial charge in [0, 0.05) is 43.6 Å². The largest absolute Gasteiger partial charge is 0.377 e. The van der Waals surface area contributed by atoms with Crippen LogP contribution >= 0.6 is 0 Å². The summed E-state index contributed by atoms with van der Waals surface area (Å²) in [4.78, 5) is 12.4. The molecule has 0 saturated heterocycles. The van der Waals surface area contributed by atoms with Crippen LogP contribution in [0, 0.1) is 0 Å². The summed E-state index contributed by atoms with van der Waals surface area (Å²) >= 11 is 0. The van der Waals surface area contributed by atoms with Crippen LogP contribution in [-0.2, 0) is 14.8 Å². The molecule has 2 aromatic carbocycles. The Labute approximate surface area is 130 Å². The molecule has 2 N–H and O–H groups in total. The molecule has 7 heteroatoms. The summed E-state index contributed by atoms with van der Waals surface area (Å²) in [5.41, 5.74) is 0.956. The minimum absolute atomic E-state index is 0.144. The summed E-state index contributed by atoms with van der Waals surface area (Å²) in [5, 5.41) is 3.97. The van der Waals surface area contributed by atoms with Gasteiger partial charge in [-0.05, 0) is 12.1 Å². The minimum Gasteiger partial charge on any atom is -0.377 e. The molecule has 0 radical (unpaired) electrons. The highest BCUT2D eigenvalue weighted by atomic mass is 32.2. The first-order chi connectivity index (χ1) is 10.5. The molecule has 0 aromatic heterocycles. The topological polar surface area (TPSA) is 78.5 Å². The van der Waals surface area contributed by atoms with Gasteiger partial charge in [0.1, 0.15) is 0 Å². The number of rotatable bonds is 7. The Hall–Kier alpha value is -2.12. The molecule has 0 spiro atoms. The zero-order chi connectivity index (χ0) is 16.2. The summed E-state index contributed by atoms with van der Waals surface area (Å²) in [6.07, 6.45) is 0.537. The van der Waals surface area contributed by atoms with Crippen molar-refractivity contribution in [3.63, 3.8) is 0 Å². The summed E-state index contributed by atoms with van der Waals surface area (Å²) < 4.78 is 27.4. The van der Waals surface area contributed by atoms with Gasteiger partial charge in [-0.1, -0.05) is 24.3 Å². The molecule has 2 aromatic rings. The average molecular weight is 321 g/mol. The Morgan fingerprint density at radius 1 is 1.05 bits per heavy atom. The SMILES string of the molecule is CN(C)c1cccc2c(S(=O)(=O)NCCNC=O)cccc12. The highest BCUT2D eigenvalue weighted by Gasteiger charge is 2.17. The number of benzene rings is 2. The predicted molar refractivity (Wildman–Crippen MR) is 87.5 cm³/mol. The van der Waals surface area contributed by atoms with Crippen LogP contribution in [0.3, 0.4) is 0 Å². The van der Waals surface area contributed by atoms with Crippen molar-refractivity contribution in [1.82, 2.24) is 10.0 Å². The van der Waals surface area contributed by atoms with Crippen LogP contribution < -0.4 is 14.9 Å². The van der Waals surface area contributed by atoms with Crippen LogP contribution in [0.25, 0.3) is 10.8 Å². The van der Waals surface area contributed by atoms with E-state index in [1.807, 2.05) is 37.2 Å². The minimum atomic E-state index is -3.63. The molecular formula is C15H19N3O3S. The van der Waals surface area contributed by atoms with Crippen LogP contribution in [-0.4, -0.2) is 42.0 Å². The highest BCUT2D eigenvalue weighted by molar-refractivity contribution is 7.89. The number of anilines is 1. The number of carbonyl (C=O) groups is 1. The zero-order valence-electron chi connectivity index (χ0n) is 12.5. The van der Waals surface area contributed by atoms with Crippen molar-refractivity contribution in [1.29, 1.82) is 0 Å². The van der Waals surface area contributed by atoms with Crippen molar-refractivity contribution in [2.75, 3.05) is 32.1 Å². The third kappa shape index (κ3) is 3.37. The molecule has 0 aliphatic rings. The van der Waals surface area contributed by atoms with Crippen LogP contribution in [0.2, 0.25) is 0 Å². The van der Waals surface area contributed by atoms with Crippen LogP contribution in [0.5, 0.6) is 0 Å². The molecular weight excluding hydrogens is 302 g/mol. The molecule has 0 bridgehead atoms. The first kappa shape index (κ1) is 16.3. The first-order valence-corrected chi connectivity index (χ1v) is 8.31. The molecule has 118 valence electrons. The normalized spacial score (nSPS) is 11.4. The summed E-state index contributed by atoms with van der Waals surface area (Å²) in [5.74, 6) is 0. The summed E-state index contributed by atoms with van der Waals surface area (Å²) in [7, 11) is 0.198. The van der Waals surface area contributed by atoms with Gasteiger partial charge in [-0.3, -0.25) is 4.79 Å². The smallest absolute Gasteiger partial charge is 0.241 e. The third-order valence-corrected chi connectivity index (χ3v) is 4.79. The Kier molecular flexibility index (Phi) is 4.99. The Morgan fingerprint density at radius 2 is 1.73 bits per heavy atom. The fourth-order valence-corrected chi connectivity index (χ4v) is 3.53. The molecule has 2 rings (SSSR count). The van der Waals surface area contributed by atoms with E-state index in [0.717, 1.165) is 11.1 Å². The van der Waals surface area contributed by atoms with Gasteiger partial charge in [-0.2, -0.15) is 0 Å². The molecule has 1 amide bonds. The second kappa shape index (κ2) is 6.76. The molecule has 6 nitrogen and oxygen atoms in total. The number of amides is 1. The summed E-state index contributed by atoms with van der Waals surface area (Å²) in [6, 6.07) is 10.8. The number of hydrogen-bond donors (Lipinski definition) is 2. The molecule has 0 aliphatic heterocycles. The van der Waals surface area contributed by atoms with Crippen LogP contribution in [0.1, 0.15) is 0 Å². The van der Waals surface area contributed by atoms with Crippen LogP contribution in [0.15, 0.2) is 41.3 Å². The van der Waals surface area contributed by atoms with Crippen molar-refractivity contribution in [3.8, 4) is 0 Å². The Bertz CT molecular complexity index is 773. The fraction of sp³-hybridized carbons (Fsp3) is 0.267. The van der Waals surface area contributed by atoms with Gasteiger partial charge in [0.15, 0.2) is 0 Å². The van der Waals surface area contributed by atoms with Crippen molar-refractivity contribution in [3.05, 3.63) is 36.4 Å². The molecule has 0 heterocycles. The van der Waals surface area contributed by atoms with E-state index in [1.54, 1.807) is 18.2 Å². The monoisotopic (exact) mass is 321 g/mol. The lowest BCUT2D eigenvalue weighted by molar-refractivity contribution is -0.109. The molecule has 0 atom stereocenters. The summed E-state index contributed by atoms with van der Waals surface area (Å²) in [6.45, 7) is 0.390. The van der Waals surface area contributed by atoms with Gasteiger partial charge in [-0.15, -0.1) is 0 Å². The fourth-order valence-electron chi connectivity index (χ4n) is 2.28. The zero-order valence-corrected chi connectivity index (χ0v) is 13.4. The molecule has 22 heavy (non-hydrogen) atoms. The lowest BCUT2D eigenvalue weighted by Crippen LogP contribution is -2.31. The maximum atomic E-state index is 12.4. The average Bonchev–Trinajstić information content (AvgIpc) is 2.50. The second-order valence-corrected chi connectivity index (χ2v) is 6.73. The van der Waals surface area contributed by atoms with E-state index in [0.29, 0.717) is 11.8 Å². The number of nitrogens with zero attached hydrogens (tertiary/aromatic N) is 1. The lowest BCUT2D eigenvalue weighted by atomic mass is 10.1. The van der Waals surface area contributed by atoms with Gasteiger partial charge in [0.05, 0.1) is 4.90 Å². The standard InChI is InChI=1S/C15H19N3O3S/c1-18(2)14-7-3-6-13-12(14)5-4-8-15(13)22(20,21)17-10-9-16-11-19/h3-8,11,17H,9-10H2,1-2H3,(H,16,19). The predicted octanol–water partition coefficient (Wildman–Crippen LogP) is 0.930. The van der Waals surface area contributed by atoms with Crippen molar-refractivity contribution >= 4 is 32.9 Å². The Balaban J connectivity index is 2.43. The van der Waals surface area contributed by atoms with E-state index in [1.165, 1.54) is 0 Å². The number of nitrogens with one attached hydrogen (secondary N) is 2. The van der Waals surface area contributed by atoms with Crippen molar-refractivity contribution in [2.24, 2.45) is 0 Å². The van der Waals surface area contributed by atoms with E-state index < -0.39 is 10.0 Å². The maximum absolute atomic E-state index is 12.4. The molecule has 0 unspecified atom stereocenters. The van der Waals surface area contributed by atoms with E-state index in [2.05, 4.69) is 10.0 Å². The van der Waals surface area contributed by atoms with Gasteiger partial charge in [0.2, 0.25) is 16.4 Å². The van der Waals surface area contributed by atoms with Gasteiger partial charge in [-0.25, -0.2) is 13.1 Å². The Morgan fingerprint density at radius 3 is 2.41 bits per heavy atom. The number of carbonyl (C=O) groups excluding carboxylic acids is 1. The van der Waals surface area contributed by atoms with E-state index >= 15 is 0 Å². The number of sulfonamides is 1. The molecule has 0 saturated carbocycles. The third-order valence-electron chi connectivity index (χ3n) is 3.28. The van der Waals surface area contributed by atoms with Gasteiger partial charge in [0.25, 0.3) is 0 Å². The molecule has 0 fully saturated rings. The molecule has 0 aliphatic carbocycles. The van der Waals surface area contributed by atoms with E-state index in [9.17, 15) is 13.2 Å². The van der Waals surface area contributed by atoms with Crippen molar-refractivity contribution < 1.29 is 13.2 Å². The van der Waals surface area contributed by atoms with E-state index in [-0.39, 0.29) is 18.0 Å². The second-order valence-electron chi connectivity index (χ2n) is 4.99. The van der Waals surface area contributed by atoms with Crippen LogP contribution in [0.4, 0.5) is 5.69 Å². The van der Waals surface area contributed by atoms with Crippen molar-refractivity contribution in [2.45, 2.75) is 4.90 Å². The number of fused-ring (bicyclic) bond motifs is 1.